The second kappa shape index (κ2) is 8.44. The first-order valence-corrected chi connectivity index (χ1v) is 11.0. The minimum atomic E-state index is -3.54. The molecular weight excluding hydrogens is 399 g/mol. The van der Waals surface area contributed by atoms with E-state index in [0.717, 1.165) is 0 Å². The number of benzene rings is 1. The number of morpholine rings is 1. The molecular formula is C17H22Cl2N2O4S. The Morgan fingerprint density at radius 2 is 1.65 bits per heavy atom. The van der Waals surface area contributed by atoms with Crippen LogP contribution in [0.2, 0.25) is 10.0 Å². The first kappa shape index (κ1) is 19.9. The van der Waals surface area contributed by atoms with Gasteiger partial charge in [-0.15, -0.1) is 0 Å². The van der Waals surface area contributed by atoms with Crippen molar-refractivity contribution in [1.82, 2.24) is 9.21 Å². The van der Waals surface area contributed by atoms with Gasteiger partial charge in [0.25, 0.3) is 0 Å². The summed E-state index contributed by atoms with van der Waals surface area (Å²) in [7, 11) is -3.54. The number of halogens is 2. The number of amides is 1. The van der Waals surface area contributed by atoms with E-state index in [1.807, 2.05) is 4.90 Å². The lowest BCUT2D eigenvalue weighted by molar-refractivity contribution is -0.140. The average Bonchev–Trinajstić information content (AvgIpc) is 2.65. The van der Waals surface area contributed by atoms with E-state index in [0.29, 0.717) is 67.8 Å². The molecule has 6 nitrogen and oxygen atoms in total. The van der Waals surface area contributed by atoms with Crippen molar-refractivity contribution in [3.8, 4) is 0 Å². The molecule has 0 spiro atoms. The Labute approximate surface area is 164 Å². The van der Waals surface area contributed by atoms with Crippen molar-refractivity contribution in [2.24, 2.45) is 5.92 Å². The van der Waals surface area contributed by atoms with Gasteiger partial charge in [0.15, 0.2) is 0 Å². The number of sulfonamides is 1. The Hall–Kier alpha value is -0.860. The summed E-state index contributed by atoms with van der Waals surface area (Å²) in [6.45, 7) is 3.04. The first-order chi connectivity index (χ1) is 12.4. The molecule has 0 saturated carbocycles. The van der Waals surface area contributed by atoms with Gasteiger partial charge in [0.05, 0.1) is 19.0 Å². The Kier molecular flexibility index (Phi) is 6.45. The Bertz CT molecular complexity index is 738. The van der Waals surface area contributed by atoms with Gasteiger partial charge in [-0.25, -0.2) is 12.7 Å². The monoisotopic (exact) mass is 420 g/mol. The third kappa shape index (κ3) is 4.51. The summed E-state index contributed by atoms with van der Waals surface area (Å²) in [6.07, 6.45) is 1.07. The zero-order valence-corrected chi connectivity index (χ0v) is 16.7. The lowest BCUT2D eigenvalue weighted by atomic mass is 9.96. The summed E-state index contributed by atoms with van der Waals surface area (Å²) >= 11 is 12.2. The highest BCUT2D eigenvalue weighted by Crippen LogP contribution is 2.29. The number of nitrogens with zero attached hydrogens (tertiary/aromatic N) is 2. The molecule has 1 aromatic carbocycles. The van der Waals surface area contributed by atoms with Crippen molar-refractivity contribution in [3.63, 3.8) is 0 Å². The van der Waals surface area contributed by atoms with Crippen LogP contribution in [0.15, 0.2) is 18.2 Å². The number of hydrogen-bond donors (Lipinski definition) is 0. The highest BCUT2D eigenvalue weighted by molar-refractivity contribution is 7.88. The van der Waals surface area contributed by atoms with E-state index in [9.17, 15) is 13.2 Å². The maximum absolute atomic E-state index is 12.7. The van der Waals surface area contributed by atoms with Gasteiger partial charge in [0.1, 0.15) is 0 Å². The molecule has 2 aliphatic heterocycles. The van der Waals surface area contributed by atoms with Crippen molar-refractivity contribution < 1.29 is 17.9 Å². The molecule has 2 heterocycles. The van der Waals surface area contributed by atoms with Gasteiger partial charge >= 0.3 is 0 Å². The Morgan fingerprint density at radius 1 is 1.08 bits per heavy atom. The molecule has 2 saturated heterocycles. The van der Waals surface area contributed by atoms with Gasteiger partial charge in [0, 0.05) is 47.7 Å². The van der Waals surface area contributed by atoms with Crippen LogP contribution in [0.5, 0.6) is 0 Å². The van der Waals surface area contributed by atoms with Crippen LogP contribution in [0, 0.1) is 5.92 Å². The van der Waals surface area contributed by atoms with Crippen LogP contribution in [0.4, 0.5) is 0 Å². The summed E-state index contributed by atoms with van der Waals surface area (Å²) in [6, 6.07) is 4.95. The van der Waals surface area contributed by atoms with E-state index in [-0.39, 0.29) is 17.6 Å². The van der Waals surface area contributed by atoms with E-state index >= 15 is 0 Å². The van der Waals surface area contributed by atoms with Crippen LogP contribution in [-0.2, 0) is 25.3 Å². The van der Waals surface area contributed by atoms with Crippen LogP contribution >= 0.6 is 23.2 Å². The summed E-state index contributed by atoms with van der Waals surface area (Å²) in [5.41, 5.74) is 0.419. The minimum Gasteiger partial charge on any atom is -0.378 e. The zero-order valence-electron chi connectivity index (χ0n) is 14.4. The van der Waals surface area contributed by atoms with Gasteiger partial charge in [-0.05, 0) is 25.0 Å². The highest BCUT2D eigenvalue weighted by Gasteiger charge is 2.34. The second-order valence-electron chi connectivity index (χ2n) is 6.57. The molecule has 9 heteroatoms. The van der Waals surface area contributed by atoms with Crippen molar-refractivity contribution >= 4 is 39.1 Å². The first-order valence-electron chi connectivity index (χ1n) is 8.66. The van der Waals surface area contributed by atoms with Gasteiger partial charge in [-0.1, -0.05) is 29.3 Å². The molecule has 144 valence electrons. The quantitative estimate of drug-likeness (QED) is 0.749. The molecule has 2 aliphatic rings. The predicted molar refractivity (Wildman–Crippen MR) is 101 cm³/mol. The van der Waals surface area contributed by atoms with E-state index < -0.39 is 10.0 Å². The van der Waals surface area contributed by atoms with Crippen molar-refractivity contribution in [2.75, 3.05) is 39.4 Å². The minimum absolute atomic E-state index is 0.111. The van der Waals surface area contributed by atoms with Crippen LogP contribution in [0.25, 0.3) is 0 Å². The van der Waals surface area contributed by atoms with Crippen molar-refractivity contribution in [2.45, 2.75) is 18.6 Å². The predicted octanol–water partition coefficient (Wildman–Crippen LogP) is 2.39. The molecule has 3 rings (SSSR count). The molecule has 0 N–H and O–H groups in total. The maximum atomic E-state index is 12.7. The fraction of sp³-hybridized carbons (Fsp3) is 0.588. The normalized spacial score (nSPS) is 20.3. The molecule has 0 aliphatic carbocycles. The number of carbonyl (C=O) groups is 1. The summed E-state index contributed by atoms with van der Waals surface area (Å²) in [4.78, 5) is 14.4. The van der Waals surface area contributed by atoms with Gasteiger partial charge in [-0.3, -0.25) is 4.79 Å². The molecule has 0 unspecified atom stereocenters. The third-order valence-corrected chi connectivity index (χ3v) is 7.42. The molecule has 0 radical (unpaired) electrons. The fourth-order valence-corrected chi connectivity index (χ4v) is 5.68. The summed E-state index contributed by atoms with van der Waals surface area (Å²) < 4.78 is 32.2. The number of piperidine rings is 1. The molecule has 1 amide bonds. The largest absolute Gasteiger partial charge is 0.378 e. The maximum Gasteiger partial charge on any atom is 0.225 e. The molecule has 26 heavy (non-hydrogen) atoms. The molecule has 1 aromatic rings. The van der Waals surface area contributed by atoms with Gasteiger partial charge in [-0.2, -0.15) is 0 Å². The van der Waals surface area contributed by atoms with Gasteiger partial charge in [0.2, 0.25) is 15.9 Å². The van der Waals surface area contributed by atoms with E-state index in [1.54, 1.807) is 18.2 Å². The molecule has 0 aromatic heterocycles. The average molecular weight is 421 g/mol. The number of ether oxygens (including phenoxy) is 1. The highest BCUT2D eigenvalue weighted by atomic mass is 35.5. The fourth-order valence-electron chi connectivity index (χ4n) is 3.37. The van der Waals surface area contributed by atoms with Crippen LogP contribution in [0.1, 0.15) is 18.4 Å². The smallest absolute Gasteiger partial charge is 0.225 e. The standard InChI is InChI=1S/C17H22Cl2N2O4S/c18-15-2-1-3-16(19)14(15)12-26(23,24)21-6-4-13(5-7-21)17(22)20-8-10-25-11-9-20/h1-3,13H,4-12H2. The van der Waals surface area contributed by atoms with E-state index in [4.69, 9.17) is 27.9 Å². The molecule has 0 atom stereocenters. The summed E-state index contributed by atoms with van der Waals surface area (Å²) in [5, 5.41) is 0.692. The second-order valence-corrected chi connectivity index (χ2v) is 9.35. The number of hydrogen-bond acceptors (Lipinski definition) is 4. The van der Waals surface area contributed by atoms with Crippen LogP contribution in [-0.4, -0.2) is 62.9 Å². The van der Waals surface area contributed by atoms with Crippen molar-refractivity contribution in [3.05, 3.63) is 33.8 Å². The van der Waals surface area contributed by atoms with Crippen molar-refractivity contribution in [1.29, 1.82) is 0 Å². The topological polar surface area (TPSA) is 66.9 Å². The van der Waals surface area contributed by atoms with E-state index in [2.05, 4.69) is 0 Å². The third-order valence-electron chi connectivity index (χ3n) is 4.91. The zero-order chi connectivity index (χ0) is 18.7. The Morgan fingerprint density at radius 3 is 2.23 bits per heavy atom. The van der Waals surface area contributed by atoms with Gasteiger partial charge < -0.3 is 9.64 Å². The lowest BCUT2D eigenvalue weighted by Crippen LogP contribution is -2.47. The SMILES string of the molecule is O=C(C1CCN(S(=O)(=O)Cc2c(Cl)cccc2Cl)CC1)N1CCOCC1. The van der Waals surface area contributed by atoms with Crippen LogP contribution in [0.3, 0.4) is 0 Å². The Balaban J connectivity index is 1.60. The summed E-state index contributed by atoms with van der Waals surface area (Å²) in [5.74, 6) is -0.240. The van der Waals surface area contributed by atoms with Crippen LogP contribution < -0.4 is 0 Å². The number of rotatable bonds is 4. The lowest BCUT2D eigenvalue weighted by Gasteiger charge is -2.35. The van der Waals surface area contributed by atoms with E-state index in [1.165, 1.54) is 4.31 Å². The molecule has 2 fully saturated rings. The molecule has 0 bridgehead atoms. The number of carbonyl (C=O) groups excluding carboxylic acids is 1.